The first-order chi connectivity index (χ1) is 15.3. The number of hydrogen-bond donors (Lipinski definition) is 1. The van der Waals surface area contributed by atoms with E-state index in [-0.39, 0.29) is 5.78 Å². The minimum Gasteiger partial charge on any atom is -0.363 e. The van der Waals surface area contributed by atoms with Crippen LogP contribution in [0.2, 0.25) is 0 Å². The lowest BCUT2D eigenvalue weighted by molar-refractivity contribution is 0.103. The molecule has 1 fully saturated rings. The first-order valence-corrected chi connectivity index (χ1v) is 11.4. The Kier molecular flexibility index (Phi) is 5.50. The molecule has 0 spiro atoms. The molecular weight excluding hydrogens is 402 g/mol. The first kappa shape index (κ1) is 19.5. The van der Waals surface area contributed by atoms with Gasteiger partial charge in [-0.3, -0.25) is 4.79 Å². The van der Waals surface area contributed by atoms with Crippen molar-refractivity contribution in [2.24, 2.45) is 0 Å². The van der Waals surface area contributed by atoms with Crippen LogP contribution < -0.4 is 10.2 Å². The molecule has 5 heteroatoms. The number of benzene rings is 3. The van der Waals surface area contributed by atoms with Crippen molar-refractivity contribution in [3.8, 4) is 0 Å². The number of ketones is 1. The summed E-state index contributed by atoms with van der Waals surface area (Å²) in [5.41, 5.74) is 4.68. The molecule has 154 valence electrons. The number of aromatic nitrogens is 1. The van der Waals surface area contributed by atoms with Crippen LogP contribution in [-0.2, 0) is 0 Å². The van der Waals surface area contributed by atoms with Gasteiger partial charge in [-0.1, -0.05) is 48.5 Å². The average molecular weight is 426 g/mol. The number of anilines is 3. The molecular formula is C26H23N3OS. The largest absolute Gasteiger partial charge is 0.363 e. The van der Waals surface area contributed by atoms with Crippen LogP contribution in [0.1, 0.15) is 40.5 Å². The molecule has 0 radical (unpaired) electrons. The molecule has 1 N–H and O–H groups in total. The van der Waals surface area contributed by atoms with Crippen molar-refractivity contribution in [2.75, 3.05) is 16.8 Å². The Morgan fingerprint density at radius 1 is 0.903 bits per heavy atom. The van der Waals surface area contributed by atoms with Gasteiger partial charge in [-0.2, -0.15) is 0 Å². The summed E-state index contributed by atoms with van der Waals surface area (Å²) >= 11 is 1.62. The van der Waals surface area contributed by atoms with Crippen LogP contribution in [-0.4, -0.2) is 17.3 Å². The maximum absolute atomic E-state index is 12.6. The van der Waals surface area contributed by atoms with E-state index >= 15 is 0 Å². The predicted molar refractivity (Wildman–Crippen MR) is 127 cm³/mol. The fourth-order valence-corrected chi connectivity index (χ4v) is 4.86. The van der Waals surface area contributed by atoms with Crippen molar-refractivity contribution in [1.82, 2.24) is 4.98 Å². The van der Waals surface area contributed by atoms with Gasteiger partial charge in [0.1, 0.15) is 0 Å². The summed E-state index contributed by atoms with van der Waals surface area (Å²) in [5.74, 6) is 0.0333. The van der Waals surface area contributed by atoms with Crippen molar-refractivity contribution < 1.29 is 4.79 Å². The second-order valence-corrected chi connectivity index (χ2v) is 8.52. The van der Waals surface area contributed by atoms with Gasteiger partial charge in [0.05, 0.1) is 11.7 Å². The highest BCUT2D eigenvalue weighted by molar-refractivity contribution is 7.13. The third-order valence-corrected chi connectivity index (χ3v) is 6.41. The first-order valence-electron chi connectivity index (χ1n) is 10.5. The van der Waals surface area contributed by atoms with Crippen molar-refractivity contribution in [3.05, 3.63) is 107 Å². The van der Waals surface area contributed by atoms with Crippen molar-refractivity contribution in [3.63, 3.8) is 0 Å². The molecule has 3 aromatic carbocycles. The van der Waals surface area contributed by atoms with Crippen molar-refractivity contribution >= 4 is 33.6 Å². The van der Waals surface area contributed by atoms with Crippen LogP contribution >= 0.6 is 11.3 Å². The number of nitrogens with one attached hydrogen (secondary N) is 1. The molecule has 1 atom stereocenters. The van der Waals surface area contributed by atoms with Gasteiger partial charge in [-0.05, 0) is 49.2 Å². The SMILES string of the molecule is O=C(c1ccccc1)c1ccc(Nc2nc(C3CCCN3c3ccccc3)cs2)cc1. The summed E-state index contributed by atoms with van der Waals surface area (Å²) in [5, 5.41) is 6.41. The summed E-state index contributed by atoms with van der Waals surface area (Å²) < 4.78 is 0. The highest BCUT2D eigenvalue weighted by atomic mass is 32.1. The summed E-state index contributed by atoms with van der Waals surface area (Å²) in [7, 11) is 0. The van der Waals surface area contributed by atoms with E-state index in [1.54, 1.807) is 11.3 Å². The van der Waals surface area contributed by atoms with Crippen LogP contribution in [0, 0.1) is 0 Å². The summed E-state index contributed by atoms with van der Waals surface area (Å²) in [6, 6.07) is 27.8. The maximum Gasteiger partial charge on any atom is 0.193 e. The fourth-order valence-electron chi connectivity index (χ4n) is 4.08. The summed E-state index contributed by atoms with van der Waals surface area (Å²) in [6.07, 6.45) is 2.30. The molecule has 1 saturated heterocycles. The maximum atomic E-state index is 12.6. The van der Waals surface area contributed by atoms with Gasteiger partial charge in [-0.25, -0.2) is 4.98 Å². The zero-order valence-corrected chi connectivity index (χ0v) is 17.9. The highest BCUT2D eigenvalue weighted by Gasteiger charge is 2.28. The minimum absolute atomic E-state index is 0.0333. The van der Waals surface area contributed by atoms with Crippen LogP contribution in [0.15, 0.2) is 90.3 Å². The molecule has 0 saturated carbocycles. The fraction of sp³-hybridized carbons (Fsp3) is 0.154. The van der Waals surface area contributed by atoms with Gasteiger partial charge in [0, 0.05) is 34.4 Å². The molecule has 1 aliphatic rings. The molecule has 1 aliphatic heterocycles. The van der Waals surface area contributed by atoms with Gasteiger partial charge >= 0.3 is 0 Å². The minimum atomic E-state index is 0.0333. The number of rotatable bonds is 6. The molecule has 0 amide bonds. The Morgan fingerprint density at radius 2 is 1.58 bits per heavy atom. The zero-order chi connectivity index (χ0) is 21.0. The predicted octanol–water partition coefficient (Wildman–Crippen LogP) is 6.46. The van der Waals surface area contributed by atoms with Crippen LogP contribution in [0.3, 0.4) is 0 Å². The van der Waals surface area contributed by atoms with Gasteiger partial charge in [0.2, 0.25) is 0 Å². The van der Waals surface area contributed by atoms with E-state index in [4.69, 9.17) is 4.98 Å². The lowest BCUT2D eigenvalue weighted by Crippen LogP contribution is -2.22. The monoisotopic (exact) mass is 425 g/mol. The molecule has 4 nitrogen and oxygen atoms in total. The Labute approximate surface area is 186 Å². The Balaban J connectivity index is 1.28. The van der Waals surface area contributed by atoms with Gasteiger partial charge in [-0.15, -0.1) is 11.3 Å². The molecule has 0 bridgehead atoms. The van der Waals surface area contributed by atoms with E-state index in [9.17, 15) is 4.79 Å². The molecule has 31 heavy (non-hydrogen) atoms. The topological polar surface area (TPSA) is 45.2 Å². The second kappa shape index (κ2) is 8.74. The summed E-state index contributed by atoms with van der Waals surface area (Å²) in [4.78, 5) is 19.9. The van der Waals surface area contributed by atoms with Crippen LogP contribution in [0.5, 0.6) is 0 Å². The lowest BCUT2D eigenvalue weighted by Gasteiger charge is -2.25. The average Bonchev–Trinajstić information content (AvgIpc) is 3.50. The van der Waals surface area contributed by atoms with E-state index in [0.717, 1.165) is 29.5 Å². The van der Waals surface area contributed by atoms with E-state index in [1.165, 1.54) is 12.1 Å². The summed E-state index contributed by atoms with van der Waals surface area (Å²) in [6.45, 7) is 1.06. The molecule has 5 rings (SSSR count). The van der Waals surface area contributed by atoms with Crippen LogP contribution in [0.25, 0.3) is 0 Å². The van der Waals surface area contributed by atoms with Crippen molar-refractivity contribution in [1.29, 1.82) is 0 Å². The van der Waals surface area contributed by atoms with Crippen molar-refractivity contribution in [2.45, 2.75) is 18.9 Å². The molecule has 2 heterocycles. The second-order valence-electron chi connectivity index (χ2n) is 7.66. The lowest BCUT2D eigenvalue weighted by atomic mass is 10.0. The molecule has 0 aliphatic carbocycles. The number of thiazole rings is 1. The third kappa shape index (κ3) is 4.23. The Bertz CT molecular complexity index is 1160. The number of nitrogens with zero attached hydrogens (tertiary/aromatic N) is 2. The number of carbonyl (C=O) groups is 1. The smallest absolute Gasteiger partial charge is 0.193 e. The molecule has 1 unspecified atom stereocenters. The van der Waals surface area contributed by atoms with Gasteiger partial charge in [0.15, 0.2) is 10.9 Å². The van der Waals surface area contributed by atoms with E-state index < -0.39 is 0 Å². The number of hydrogen-bond acceptors (Lipinski definition) is 5. The van der Waals surface area contributed by atoms with Gasteiger partial charge in [0.25, 0.3) is 0 Å². The third-order valence-electron chi connectivity index (χ3n) is 5.64. The number of para-hydroxylation sites is 1. The Morgan fingerprint density at radius 3 is 2.32 bits per heavy atom. The van der Waals surface area contributed by atoms with E-state index in [1.807, 2.05) is 54.6 Å². The Hall–Kier alpha value is -3.44. The van der Waals surface area contributed by atoms with Crippen LogP contribution in [0.4, 0.5) is 16.5 Å². The standard InChI is InChI=1S/C26H23N3OS/c30-25(19-8-3-1-4-9-19)20-13-15-21(16-14-20)27-26-28-23(18-31-26)24-12-7-17-29(24)22-10-5-2-6-11-22/h1-6,8-11,13-16,18,24H,7,12,17H2,(H,27,28). The number of carbonyl (C=O) groups excluding carboxylic acids is 1. The molecule has 4 aromatic rings. The van der Waals surface area contributed by atoms with E-state index in [2.05, 4.69) is 45.9 Å². The quantitative estimate of drug-likeness (QED) is 0.360. The van der Waals surface area contributed by atoms with Gasteiger partial charge < -0.3 is 10.2 Å². The normalized spacial score (nSPS) is 15.7. The highest BCUT2D eigenvalue weighted by Crippen LogP contribution is 2.37. The van der Waals surface area contributed by atoms with E-state index in [0.29, 0.717) is 17.2 Å². The molecule has 1 aromatic heterocycles. The zero-order valence-electron chi connectivity index (χ0n) is 17.1.